The zero-order valence-electron chi connectivity index (χ0n) is 17.6. The van der Waals surface area contributed by atoms with E-state index in [1.54, 1.807) is 24.3 Å². The van der Waals surface area contributed by atoms with E-state index in [9.17, 15) is 14.4 Å². The molecular formula is C25H24FN3O3. The molecule has 0 aliphatic carbocycles. The molecule has 1 atom stereocenters. The lowest BCUT2D eigenvalue weighted by Crippen LogP contribution is -2.32. The van der Waals surface area contributed by atoms with Crippen molar-refractivity contribution in [2.24, 2.45) is 0 Å². The van der Waals surface area contributed by atoms with Gasteiger partial charge in [0.2, 0.25) is 0 Å². The van der Waals surface area contributed by atoms with Gasteiger partial charge in [0.25, 0.3) is 5.91 Å². The predicted octanol–water partition coefficient (Wildman–Crippen LogP) is 4.06. The number of fused-ring (bicyclic) bond motifs is 1. The van der Waals surface area contributed by atoms with Crippen LogP contribution in [-0.4, -0.2) is 36.3 Å². The highest BCUT2D eigenvalue weighted by Gasteiger charge is 2.18. The van der Waals surface area contributed by atoms with Crippen LogP contribution >= 0.6 is 0 Å². The van der Waals surface area contributed by atoms with Gasteiger partial charge in [0, 0.05) is 35.8 Å². The third-order valence-corrected chi connectivity index (χ3v) is 5.43. The summed E-state index contributed by atoms with van der Waals surface area (Å²) in [6.45, 7) is 1.86. The van der Waals surface area contributed by atoms with E-state index in [0.717, 1.165) is 29.3 Å². The van der Waals surface area contributed by atoms with Crippen molar-refractivity contribution in [2.45, 2.75) is 25.5 Å². The number of rotatable bonds is 8. The van der Waals surface area contributed by atoms with Gasteiger partial charge in [-0.1, -0.05) is 30.3 Å². The Morgan fingerprint density at radius 3 is 2.88 bits per heavy atom. The number of nitrogens with one attached hydrogen (secondary N) is 1. The molecule has 0 unspecified atom stereocenters. The summed E-state index contributed by atoms with van der Waals surface area (Å²) in [7, 11) is 0. The maximum absolute atomic E-state index is 13.8. The Kier molecular flexibility index (Phi) is 6.83. The number of amides is 1. The molecule has 4 rings (SSSR count). The van der Waals surface area contributed by atoms with Crippen LogP contribution in [0.5, 0.6) is 5.75 Å². The van der Waals surface area contributed by atoms with E-state index in [1.165, 1.54) is 6.07 Å². The Bertz CT molecular complexity index is 1170. The van der Waals surface area contributed by atoms with E-state index in [-0.39, 0.29) is 24.0 Å². The number of para-hydroxylation sites is 2. The highest BCUT2D eigenvalue weighted by atomic mass is 19.1. The van der Waals surface area contributed by atoms with Crippen LogP contribution < -0.4 is 10.1 Å². The smallest absolute Gasteiger partial charge is 0.262 e. The SMILES string of the molecule is N#C/C(=C\c1cn(CCOc2ccccc2F)c2ccccc12)C(=O)NC[C@@H]1CCCO1. The molecule has 0 spiro atoms. The van der Waals surface area contributed by atoms with Crippen LogP contribution in [0.2, 0.25) is 0 Å². The van der Waals surface area contributed by atoms with E-state index in [0.29, 0.717) is 19.7 Å². The van der Waals surface area contributed by atoms with Crippen molar-refractivity contribution in [1.82, 2.24) is 9.88 Å². The maximum Gasteiger partial charge on any atom is 0.262 e. The monoisotopic (exact) mass is 433 g/mol. The minimum absolute atomic E-state index is 0.00950. The normalized spacial score (nSPS) is 16.1. The summed E-state index contributed by atoms with van der Waals surface area (Å²) in [6.07, 6.45) is 5.38. The van der Waals surface area contributed by atoms with Gasteiger partial charge in [0.15, 0.2) is 11.6 Å². The summed E-state index contributed by atoms with van der Waals surface area (Å²) in [6, 6.07) is 16.0. The highest BCUT2D eigenvalue weighted by Crippen LogP contribution is 2.24. The van der Waals surface area contributed by atoms with E-state index >= 15 is 0 Å². The molecule has 2 aromatic carbocycles. The Labute approximate surface area is 185 Å². The van der Waals surface area contributed by atoms with Crippen molar-refractivity contribution in [3.8, 4) is 11.8 Å². The Hall–Kier alpha value is -3.63. The van der Waals surface area contributed by atoms with Gasteiger partial charge in [-0.2, -0.15) is 5.26 Å². The van der Waals surface area contributed by atoms with Crippen LogP contribution in [0.25, 0.3) is 17.0 Å². The molecule has 1 amide bonds. The van der Waals surface area contributed by atoms with Gasteiger partial charge in [-0.05, 0) is 37.1 Å². The average Bonchev–Trinajstić information content (AvgIpc) is 3.45. The van der Waals surface area contributed by atoms with Crippen LogP contribution in [0, 0.1) is 17.1 Å². The quantitative estimate of drug-likeness (QED) is 0.429. The molecule has 1 aliphatic rings. The molecule has 7 heteroatoms. The first-order valence-corrected chi connectivity index (χ1v) is 10.6. The number of hydrogen-bond donors (Lipinski definition) is 1. The highest BCUT2D eigenvalue weighted by molar-refractivity contribution is 6.04. The maximum atomic E-state index is 13.8. The molecule has 0 saturated carbocycles. The number of nitriles is 1. The predicted molar refractivity (Wildman–Crippen MR) is 119 cm³/mol. The summed E-state index contributed by atoms with van der Waals surface area (Å²) < 4.78 is 26.8. The van der Waals surface area contributed by atoms with E-state index in [1.807, 2.05) is 41.1 Å². The van der Waals surface area contributed by atoms with Gasteiger partial charge in [-0.15, -0.1) is 0 Å². The second kappa shape index (κ2) is 10.1. The van der Waals surface area contributed by atoms with Gasteiger partial charge < -0.3 is 19.4 Å². The van der Waals surface area contributed by atoms with E-state index in [2.05, 4.69) is 5.32 Å². The Morgan fingerprint density at radius 2 is 2.09 bits per heavy atom. The number of aromatic nitrogens is 1. The first-order valence-electron chi connectivity index (χ1n) is 10.6. The third-order valence-electron chi connectivity index (χ3n) is 5.43. The summed E-state index contributed by atoms with van der Waals surface area (Å²) in [5, 5.41) is 13.3. The van der Waals surface area contributed by atoms with Crippen molar-refractivity contribution < 1.29 is 18.7 Å². The largest absolute Gasteiger partial charge is 0.489 e. The molecule has 1 saturated heterocycles. The number of hydrogen-bond acceptors (Lipinski definition) is 4. The van der Waals surface area contributed by atoms with Crippen molar-refractivity contribution in [3.63, 3.8) is 0 Å². The lowest BCUT2D eigenvalue weighted by molar-refractivity contribution is -0.117. The summed E-state index contributed by atoms with van der Waals surface area (Å²) >= 11 is 0. The van der Waals surface area contributed by atoms with Crippen molar-refractivity contribution >= 4 is 22.9 Å². The summed E-state index contributed by atoms with van der Waals surface area (Å²) in [5.74, 6) is -0.609. The third kappa shape index (κ3) is 4.98. The lowest BCUT2D eigenvalue weighted by Gasteiger charge is -2.10. The zero-order valence-corrected chi connectivity index (χ0v) is 17.6. The molecule has 0 radical (unpaired) electrons. The molecule has 3 aromatic rings. The molecule has 0 bridgehead atoms. The molecule has 2 heterocycles. The van der Waals surface area contributed by atoms with Crippen LogP contribution in [-0.2, 0) is 16.1 Å². The second-order valence-corrected chi connectivity index (χ2v) is 7.59. The standard InChI is InChI=1S/C25H24FN3O3/c26-22-8-2-4-10-24(22)32-13-11-29-17-19(21-7-1-3-9-23(21)29)14-18(15-27)25(30)28-16-20-6-5-12-31-20/h1-4,7-10,14,17,20H,5-6,11-13,16H2,(H,28,30)/b18-14+/t20-/m0/s1. The molecule has 1 aliphatic heterocycles. The first kappa shape index (κ1) is 21.6. The molecule has 32 heavy (non-hydrogen) atoms. The number of benzene rings is 2. The molecule has 1 N–H and O–H groups in total. The van der Waals surface area contributed by atoms with Crippen molar-refractivity contribution in [3.05, 3.63) is 71.7 Å². The summed E-state index contributed by atoms with van der Waals surface area (Å²) in [5.41, 5.74) is 1.73. The van der Waals surface area contributed by atoms with Crippen LogP contribution in [0.3, 0.4) is 0 Å². The lowest BCUT2D eigenvalue weighted by atomic mass is 10.1. The number of carbonyl (C=O) groups excluding carboxylic acids is 1. The Morgan fingerprint density at radius 1 is 1.28 bits per heavy atom. The number of nitrogens with zero attached hydrogens (tertiary/aromatic N) is 2. The topological polar surface area (TPSA) is 76.3 Å². The van der Waals surface area contributed by atoms with Gasteiger partial charge in [0.05, 0.1) is 12.6 Å². The van der Waals surface area contributed by atoms with Crippen LogP contribution in [0.15, 0.2) is 60.3 Å². The zero-order chi connectivity index (χ0) is 22.3. The van der Waals surface area contributed by atoms with Crippen LogP contribution in [0.4, 0.5) is 4.39 Å². The fourth-order valence-corrected chi connectivity index (χ4v) is 3.80. The molecule has 1 fully saturated rings. The molecule has 164 valence electrons. The fourth-order valence-electron chi connectivity index (χ4n) is 3.80. The minimum Gasteiger partial charge on any atom is -0.489 e. The molecule has 1 aromatic heterocycles. The van der Waals surface area contributed by atoms with Crippen molar-refractivity contribution in [1.29, 1.82) is 5.26 Å². The van der Waals surface area contributed by atoms with Gasteiger partial charge in [-0.3, -0.25) is 4.79 Å². The number of carbonyl (C=O) groups is 1. The van der Waals surface area contributed by atoms with Crippen molar-refractivity contribution in [2.75, 3.05) is 19.8 Å². The second-order valence-electron chi connectivity index (χ2n) is 7.59. The molecule has 6 nitrogen and oxygen atoms in total. The van der Waals surface area contributed by atoms with E-state index in [4.69, 9.17) is 9.47 Å². The average molecular weight is 433 g/mol. The summed E-state index contributed by atoms with van der Waals surface area (Å²) in [4.78, 5) is 12.5. The first-order chi connectivity index (χ1) is 15.7. The number of ether oxygens (including phenoxy) is 2. The number of halogens is 1. The Balaban J connectivity index is 1.50. The van der Waals surface area contributed by atoms with Crippen LogP contribution in [0.1, 0.15) is 18.4 Å². The van der Waals surface area contributed by atoms with Gasteiger partial charge in [0.1, 0.15) is 18.2 Å². The van der Waals surface area contributed by atoms with Gasteiger partial charge >= 0.3 is 0 Å². The van der Waals surface area contributed by atoms with E-state index < -0.39 is 11.7 Å². The molecular weight excluding hydrogens is 409 g/mol. The minimum atomic E-state index is -0.414. The fraction of sp³-hybridized carbons (Fsp3) is 0.280. The van der Waals surface area contributed by atoms with Gasteiger partial charge in [-0.25, -0.2) is 4.39 Å².